The summed E-state index contributed by atoms with van der Waals surface area (Å²) in [4.78, 5) is 19.8. The molecule has 0 aliphatic heterocycles. The Bertz CT molecular complexity index is 435. The van der Waals surface area contributed by atoms with Crippen LogP contribution in [0.15, 0.2) is 24.3 Å². The molecule has 0 saturated carbocycles. The van der Waals surface area contributed by atoms with Gasteiger partial charge in [-0.05, 0) is 51.0 Å². The molecule has 0 aromatic heterocycles. The van der Waals surface area contributed by atoms with E-state index in [2.05, 4.69) is 25.7 Å². The molecule has 0 rings (SSSR count). The van der Waals surface area contributed by atoms with Crippen LogP contribution in [0.5, 0.6) is 0 Å². The molecular weight excluding hydrogens is 401 g/mol. The number of carbonyl (C=O) groups is 2. The number of rotatable bonds is 20. The molecule has 0 amide bonds. The van der Waals surface area contributed by atoms with Crippen LogP contribution in [0.3, 0.4) is 0 Å². The first-order valence-corrected chi connectivity index (χ1v) is 12.1. The van der Waals surface area contributed by atoms with Crippen LogP contribution in [0.2, 0.25) is 0 Å². The van der Waals surface area contributed by atoms with Crippen molar-refractivity contribution >= 4 is 35.0 Å². The molecule has 0 aliphatic rings. The number of hydrogen-bond donors (Lipinski definition) is 0. The smallest absolute Gasteiger partial charge is 0.550 e. The SMILES string of the molecule is C=C(C)C(=O)[O-].CCCCCCCC/C=C/CCCCCCCCCCCC(=O)[O-].[Mg+2]. The number of carboxylic acids is 2. The largest absolute Gasteiger partial charge is 2.00 e. The van der Waals surface area contributed by atoms with Crippen molar-refractivity contribution in [1.29, 1.82) is 0 Å². The van der Waals surface area contributed by atoms with Crippen LogP contribution < -0.4 is 10.2 Å². The molecule has 0 radical (unpaired) electrons. The Labute approximate surface area is 208 Å². The fourth-order valence-electron chi connectivity index (χ4n) is 3.05. The average molecular weight is 447 g/mol. The summed E-state index contributed by atoms with van der Waals surface area (Å²) in [5.74, 6) is -2.09. The van der Waals surface area contributed by atoms with Gasteiger partial charge in [0, 0.05) is 5.97 Å². The fourth-order valence-corrected chi connectivity index (χ4v) is 3.05. The first-order valence-electron chi connectivity index (χ1n) is 12.1. The van der Waals surface area contributed by atoms with Crippen molar-refractivity contribution in [3.63, 3.8) is 0 Å². The molecule has 0 atom stereocenters. The number of unbranched alkanes of at least 4 members (excludes halogenated alkanes) is 15. The summed E-state index contributed by atoms with van der Waals surface area (Å²) in [5, 5.41) is 19.8. The summed E-state index contributed by atoms with van der Waals surface area (Å²) in [5.41, 5.74) is 0.0648. The summed E-state index contributed by atoms with van der Waals surface area (Å²) >= 11 is 0. The van der Waals surface area contributed by atoms with E-state index in [9.17, 15) is 19.8 Å². The zero-order valence-electron chi connectivity index (χ0n) is 20.4. The Morgan fingerprint density at radius 1 is 0.677 bits per heavy atom. The molecule has 0 N–H and O–H groups in total. The van der Waals surface area contributed by atoms with Crippen LogP contribution in [0.4, 0.5) is 0 Å². The molecule has 0 heterocycles. The third-order valence-electron chi connectivity index (χ3n) is 4.99. The number of allylic oxidation sites excluding steroid dienone is 2. The Kier molecular flexibility index (Phi) is 32.8. The Hall–Kier alpha value is -0.814. The van der Waals surface area contributed by atoms with E-state index in [1.807, 2.05) is 0 Å². The molecule has 0 saturated heterocycles. The van der Waals surface area contributed by atoms with E-state index >= 15 is 0 Å². The van der Waals surface area contributed by atoms with Gasteiger partial charge in [-0.25, -0.2) is 0 Å². The van der Waals surface area contributed by atoms with Crippen molar-refractivity contribution in [2.45, 2.75) is 129 Å². The third kappa shape index (κ3) is 36.9. The quantitative estimate of drug-likeness (QED) is 0.110. The van der Waals surface area contributed by atoms with Crippen molar-refractivity contribution in [3.8, 4) is 0 Å². The second-order valence-electron chi connectivity index (χ2n) is 8.19. The first-order chi connectivity index (χ1) is 14.4. The van der Waals surface area contributed by atoms with Gasteiger partial charge >= 0.3 is 23.1 Å². The van der Waals surface area contributed by atoms with E-state index in [0.29, 0.717) is 0 Å². The zero-order valence-corrected chi connectivity index (χ0v) is 21.8. The Morgan fingerprint density at radius 3 is 1.32 bits per heavy atom. The van der Waals surface area contributed by atoms with E-state index in [1.165, 1.54) is 103 Å². The molecule has 0 fully saturated rings. The average Bonchev–Trinajstić information content (AvgIpc) is 2.70. The maximum atomic E-state index is 10.3. The molecule has 4 nitrogen and oxygen atoms in total. The molecule has 0 bridgehead atoms. The van der Waals surface area contributed by atoms with Crippen LogP contribution in [0.25, 0.3) is 0 Å². The van der Waals surface area contributed by atoms with Crippen LogP contribution in [-0.4, -0.2) is 35.0 Å². The summed E-state index contributed by atoms with van der Waals surface area (Å²) in [6.07, 6.45) is 26.8. The van der Waals surface area contributed by atoms with Gasteiger partial charge in [-0.15, -0.1) is 0 Å². The molecular formula is C26H46MgO4. The van der Waals surface area contributed by atoms with Crippen LogP contribution in [-0.2, 0) is 9.59 Å². The maximum Gasteiger partial charge on any atom is 2.00 e. The predicted molar refractivity (Wildman–Crippen MR) is 129 cm³/mol. The first kappa shape index (κ1) is 34.8. The molecule has 0 aromatic rings. The van der Waals surface area contributed by atoms with Gasteiger partial charge in [-0.3, -0.25) is 0 Å². The minimum absolute atomic E-state index is 0. The third-order valence-corrected chi connectivity index (χ3v) is 4.99. The van der Waals surface area contributed by atoms with Crippen molar-refractivity contribution in [1.82, 2.24) is 0 Å². The number of carbonyl (C=O) groups excluding carboxylic acids is 2. The summed E-state index contributed by atoms with van der Waals surface area (Å²) in [7, 11) is 0. The van der Waals surface area contributed by atoms with Crippen molar-refractivity contribution in [2.24, 2.45) is 0 Å². The monoisotopic (exact) mass is 446 g/mol. The van der Waals surface area contributed by atoms with Crippen LogP contribution in [0, 0.1) is 0 Å². The number of carboxylic acid groups (broad SMARTS) is 2. The fraction of sp³-hybridized carbons (Fsp3) is 0.769. The topological polar surface area (TPSA) is 80.3 Å². The normalized spacial score (nSPS) is 10.3. The second kappa shape index (κ2) is 29.2. The number of hydrogen-bond acceptors (Lipinski definition) is 4. The van der Waals surface area contributed by atoms with E-state index < -0.39 is 11.9 Å². The van der Waals surface area contributed by atoms with Gasteiger partial charge in [-0.2, -0.15) is 0 Å². The van der Waals surface area contributed by atoms with Gasteiger partial charge in [0.1, 0.15) is 0 Å². The predicted octanol–water partition coefficient (Wildman–Crippen LogP) is 5.27. The minimum Gasteiger partial charge on any atom is -0.550 e. The van der Waals surface area contributed by atoms with Gasteiger partial charge in [0.2, 0.25) is 0 Å². The minimum atomic E-state index is -1.19. The molecule has 176 valence electrons. The summed E-state index contributed by atoms with van der Waals surface area (Å²) < 4.78 is 0. The van der Waals surface area contributed by atoms with E-state index in [1.54, 1.807) is 0 Å². The Balaban J connectivity index is -0.000000976. The van der Waals surface area contributed by atoms with Crippen LogP contribution >= 0.6 is 0 Å². The van der Waals surface area contributed by atoms with E-state index in [-0.39, 0.29) is 35.0 Å². The molecule has 31 heavy (non-hydrogen) atoms. The standard InChI is InChI=1S/C22H42O2.C4H6O2.Mg/c1-2-3-4-5-6-7-8-9-10-11-12-13-14-15-16-17-18-19-20-21-22(23)24;1-3(2)4(5)6;/h9-10H,2-8,11-21H2,1H3,(H,23,24);1H2,2H3,(H,5,6);/q;;+2/p-2/b10-9+;;. The van der Waals surface area contributed by atoms with E-state index in [0.717, 1.165) is 12.8 Å². The molecule has 0 spiro atoms. The van der Waals surface area contributed by atoms with Crippen molar-refractivity contribution in [2.75, 3.05) is 0 Å². The van der Waals surface area contributed by atoms with Crippen molar-refractivity contribution in [3.05, 3.63) is 24.3 Å². The molecule has 0 aliphatic carbocycles. The number of aliphatic carboxylic acids is 2. The summed E-state index contributed by atoms with van der Waals surface area (Å²) in [6.45, 7) is 6.75. The molecule has 5 heteroatoms. The van der Waals surface area contributed by atoms with E-state index in [4.69, 9.17) is 0 Å². The summed E-state index contributed by atoms with van der Waals surface area (Å²) in [6, 6.07) is 0. The molecule has 0 unspecified atom stereocenters. The van der Waals surface area contributed by atoms with Gasteiger partial charge in [-0.1, -0.05) is 103 Å². The zero-order chi connectivity index (χ0) is 22.9. The van der Waals surface area contributed by atoms with Gasteiger partial charge in [0.05, 0.1) is 5.97 Å². The van der Waals surface area contributed by atoms with Gasteiger partial charge in [0.25, 0.3) is 0 Å². The maximum absolute atomic E-state index is 10.3. The van der Waals surface area contributed by atoms with Crippen LogP contribution in [0.1, 0.15) is 129 Å². The van der Waals surface area contributed by atoms with Gasteiger partial charge < -0.3 is 19.8 Å². The second-order valence-corrected chi connectivity index (χ2v) is 8.19. The van der Waals surface area contributed by atoms with Gasteiger partial charge in [0.15, 0.2) is 0 Å². The van der Waals surface area contributed by atoms with Crippen molar-refractivity contribution < 1.29 is 19.8 Å². The Morgan fingerprint density at radius 2 is 1.00 bits per heavy atom. The molecule has 0 aromatic carbocycles.